The van der Waals surface area contributed by atoms with Crippen LogP contribution in [0.5, 0.6) is 11.6 Å². The van der Waals surface area contributed by atoms with Gasteiger partial charge in [-0.3, -0.25) is 14.4 Å². The van der Waals surface area contributed by atoms with Gasteiger partial charge >= 0.3 is 0 Å². The minimum Gasteiger partial charge on any atom is -0.493 e. The molecule has 0 unspecified atom stereocenters. The van der Waals surface area contributed by atoms with Crippen LogP contribution in [0.3, 0.4) is 0 Å². The number of hydrogen-bond acceptors (Lipinski definition) is 7. The van der Waals surface area contributed by atoms with Crippen LogP contribution in [-0.2, 0) is 16.1 Å². The molecule has 234 valence electrons. The first kappa shape index (κ1) is 32.5. The second-order valence-corrected chi connectivity index (χ2v) is 12.1. The Kier molecular flexibility index (Phi) is 12.0. The molecule has 0 spiro atoms. The highest BCUT2D eigenvalue weighted by atomic mass is 16.5. The number of rotatable bonds is 13. The van der Waals surface area contributed by atoms with E-state index in [1.54, 1.807) is 19.4 Å². The van der Waals surface area contributed by atoms with E-state index in [1.807, 2.05) is 49.9 Å². The van der Waals surface area contributed by atoms with Crippen LogP contribution in [-0.4, -0.2) is 66.9 Å². The third-order valence-electron chi connectivity index (χ3n) is 8.70. The van der Waals surface area contributed by atoms with Gasteiger partial charge in [0.25, 0.3) is 5.91 Å². The molecule has 4 rings (SSSR count). The van der Waals surface area contributed by atoms with E-state index >= 15 is 0 Å². The summed E-state index contributed by atoms with van der Waals surface area (Å²) in [5.41, 5.74) is 2.48. The standard InChI is InChI=1S/C34H48N4O5/c1-5-43-29-18-30(42-4)36-20-28(29)19-35-21-31(39)38-16-10-15-27(22-38)25-13-9-14-26(17-25)34(41)37-32(33(40)23(2)3)24-11-7-6-8-12-24/h9,13-14,17-18,20,23-24,27,32,35H,5-8,10-12,15-16,19,21-22H2,1-4H3,(H,37,41)/t27-,32+/m0/s1. The third kappa shape index (κ3) is 8.78. The van der Waals surface area contributed by atoms with Crippen LogP contribution in [0, 0.1) is 11.8 Å². The van der Waals surface area contributed by atoms with E-state index < -0.39 is 6.04 Å². The Hall–Kier alpha value is -3.46. The number of methoxy groups -OCH3 is 1. The number of likely N-dealkylation sites (tertiary alicyclic amines) is 1. The predicted molar refractivity (Wildman–Crippen MR) is 166 cm³/mol. The second-order valence-electron chi connectivity index (χ2n) is 12.1. The van der Waals surface area contributed by atoms with Crippen molar-refractivity contribution in [3.05, 3.63) is 53.2 Å². The molecule has 2 aromatic rings. The average Bonchev–Trinajstić information content (AvgIpc) is 3.04. The van der Waals surface area contributed by atoms with Crippen LogP contribution in [0.25, 0.3) is 0 Å². The zero-order valence-electron chi connectivity index (χ0n) is 26.2. The quantitative estimate of drug-likeness (QED) is 0.341. The van der Waals surface area contributed by atoms with E-state index in [1.165, 1.54) is 6.42 Å². The van der Waals surface area contributed by atoms with Crippen LogP contribution in [0.15, 0.2) is 36.5 Å². The average molecular weight is 593 g/mol. The molecule has 1 aliphatic carbocycles. The summed E-state index contributed by atoms with van der Waals surface area (Å²) < 4.78 is 10.9. The molecular weight excluding hydrogens is 544 g/mol. The van der Waals surface area contributed by atoms with E-state index in [4.69, 9.17) is 9.47 Å². The number of aromatic nitrogens is 1. The highest BCUT2D eigenvalue weighted by Crippen LogP contribution is 2.30. The molecule has 0 radical (unpaired) electrons. The van der Waals surface area contributed by atoms with Gasteiger partial charge in [0.05, 0.1) is 26.3 Å². The lowest BCUT2D eigenvalue weighted by Crippen LogP contribution is -2.48. The Balaban J connectivity index is 1.35. The summed E-state index contributed by atoms with van der Waals surface area (Å²) in [6.45, 7) is 8.24. The number of carbonyl (C=O) groups is 3. The fourth-order valence-corrected chi connectivity index (χ4v) is 6.28. The number of nitrogens with zero attached hydrogens (tertiary/aromatic N) is 2. The molecular formula is C34H48N4O5. The smallest absolute Gasteiger partial charge is 0.251 e. The molecule has 9 nitrogen and oxygen atoms in total. The van der Waals surface area contributed by atoms with Crippen molar-refractivity contribution >= 4 is 17.6 Å². The number of ether oxygens (including phenoxy) is 2. The molecule has 2 N–H and O–H groups in total. The number of nitrogens with one attached hydrogen (secondary N) is 2. The Morgan fingerprint density at radius 2 is 1.86 bits per heavy atom. The summed E-state index contributed by atoms with van der Waals surface area (Å²) in [6.07, 6.45) is 8.93. The maximum atomic E-state index is 13.4. The topological polar surface area (TPSA) is 110 Å². The van der Waals surface area contributed by atoms with Gasteiger partial charge in [0.15, 0.2) is 5.78 Å². The molecule has 2 aliphatic rings. The Morgan fingerprint density at radius 1 is 1.07 bits per heavy atom. The normalized spacial score (nSPS) is 18.3. The molecule has 1 saturated carbocycles. The monoisotopic (exact) mass is 592 g/mol. The van der Waals surface area contributed by atoms with E-state index in [0.717, 1.165) is 49.7 Å². The number of piperidine rings is 1. The highest BCUT2D eigenvalue weighted by Gasteiger charge is 2.32. The minimum atomic E-state index is -0.440. The number of pyridine rings is 1. The van der Waals surface area contributed by atoms with Crippen LogP contribution in [0.1, 0.15) is 93.1 Å². The van der Waals surface area contributed by atoms with Crippen molar-refractivity contribution in [1.82, 2.24) is 20.5 Å². The zero-order valence-corrected chi connectivity index (χ0v) is 26.2. The first-order valence-electron chi connectivity index (χ1n) is 15.9. The zero-order chi connectivity index (χ0) is 30.8. The Bertz CT molecular complexity index is 1240. The molecule has 1 aliphatic heterocycles. The van der Waals surface area contributed by atoms with Gasteiger partial charge in [-0.05, 0) is 56.2 Å². The number of ketones is 1. The summed E-state index contributed by atoms with van der Waals surface area (Å²) in [4.78, 5) is 45.8. The first-order valence-corrected chi connectivity index (χ1v) is 15.9. The van der Waals surface area contributed by atoms with Gasteiger partial charge in [-0.25, -0.2) is 4.98 Å². The summed E-state index contributed by atoms with van der Waals surface area (Å²) in [5.74, 6) is 1.36. The summed E-state index contributed by atoms with van der Waals surface area (Å²) in [7, 11) is 1.56. The lowest BCUT2D eigenvalue weighted by molar-refractivity contribution is -0.131. The van der Waals surface area contributed by atoms with Crippen molar-refractivity contribution in [2.75, 3.05) is 33.4 Å². The Morgan fingerprint density at radius 3 is 2.58 bits per heavy atom. The largest absolute Gasteiger partial charge is 0.493 e. The molecule has 1 aromatic heterocycles. The minimum absolute atomic E-state index is 0.0422. The number of hydrogen-bond donors (Lipinski definition) is 2. The molecule has 9 heteroatoms. The molecule has 2 fully saturated rings. The van der Waals surface area contributed by atoms with Crippen LogP contribution in [0.4, 0.5) is 0 Å². The summed E-state index contributed by atoms with van der Waals surface area (Å²) in [6, 6.07) is 9.02. The fourth-order valence-electron chi connectivity index (χ4n) is 6.28. The Labute approximate surface area is 256 Å². The van der Waals surface area contributed by atoms with Crippen molar-refractivity contribution < 1.29 is 23.9 Å². The molecule has 2 atom stereocenters. The van der Waals surface area contributed by atoms with Crippen molar-refractivity contribution in [3.63, 3.8) is 0 Å². The van der Waals surface area contributed by atoms with Gasteiger partial charge in [-0.2, -0.15) is 0 Å². The number of carbonyl (C=O) groups excluding carboxylic acids is 3. The van der Waals surface area contributed by atoms with Gasteiger partial charge in [0.1, 0.15) is 5.75 Å². The van der Waals surface area contributed by atoms with E-state index in [-0.39, 0.29) is 41.9 Å². The number of amides is 2. The van der Waals surface area contributed by atoms with Crippen molar-refractivity contribution in [1.29, 1.82) is 0 Å². The van der Waals surface area contributed by atoms with Crippen molar-refractivity contribution in [2.24, 2.45) is 11.8 Å². The molecule has 1 saturated heterocycles. The molecule has 2 amide bonds. The van der Waals surface area contributed by atoms with Gasteiger partial charge in [-0.1, -0.05) is 45.2 Å². The van der Waals surface area contributed by atoms with E-state index in [9.17, 15) is 14.4 Å². The maximum absolute atomic E-state index is 13.4. The molecule has 43 heavy (non-hydrogen) atoms. The maximum Gasteiger partial charge on any atom is 0.251 e. The van der Waals surface area contributed by atoms with Crippen LogP contribution < -0.4 is 20.1 Å². The summed E-state index contributed by atoms with van der Waals surface area (Å²) >= 11 is 0. The second kappa shape index (κ2) is 15.8. The van der Waals surface area contributed by atoms with Gasteiger partial charge in [0.2, 0.25) is 11.8 Å². The van der Waals surface area contributed by atoms with Crippen LogP contribution in [0.2, 0.25) is 0 Å². The van der Waals surface area contributed by atoms with Crippen molar-refractivity contribution in [2.45, 2.75) is 84.2 Å². The molecule has 1 aromatic carbocycles. The highest BCUT2D eigenvalue weighted by molar-refractivity contribution is 5.98. The van der Waals surface area contributed by atoms with Gasteiger partial charge in [-0.15, -0.1) is 0 Å². The fraction of sp³-hybridized carbons (Fsp3) is 0.588. The number of benzene rings is 1. The molecule has 0 bridgehead atoms. The van der Waals surface area contributed by atoms with Gasteiger partial charge in [0, 0.05) is 54.9 Å². The van der Waals surface area contributed by atoms with Gasteiger partial charge < -0.3 is 25.0 Å². The first-order chi connectivity index (χ1) is 20.8. The lowest BCUT2D eigenvalue weighted by atomic mass is 9.80. The van der Waals surface area contributed by atoms with E-state index in [2.05, 4.69) is 15.6 Å². The van der Waals surface area contributed by atoms with Crippen LogP contribution >= 0.6 is 0 Å². The SMILES string of the molecule is CCOc1cc(OC)ncc1CNCC(=O)N1CCC[C@H](c2cccc(C(=O)N[C@@H](C(=O)C(C)C)C3CCCCC3)c2)C1. The lowest BCUT2D eigenvalue weighted by Gasteiger charge is -2.33. The molecule has 2 heterocycles. The third-order valence-corrected chi connectivity index (χ3v) is 8.70. The summed E-state index contributed by atoms with van der Waals surface area (Å²) in [5, 5.41) is 6.36. The predicted octanol–water partition coefficient (Wildman–Crippen LogP) is 4.89. The van der Waals surface area contributed by atoms with E-state index in [0.29, 0.717) is 43.4 Å². The van der Waals surface area contributed by atoms with Crippen molar-refractivity contribution in [3.8, 4) is 11.6 Å². The number of Topliss-reactive ketones (excluding diaryl/α,β-unsaturated/α-hetero) is 1.